The third kappa shape index (κ3) is 3.10. The molecule has 2 aromatic heterocycles. The molecule has 208 valence electrons. The first-order valence-corrected chi connectivity index (χ1v) is 12.6. The summed E-state index contributed by atoms with van der Waals surface area (Å²) in [5.74, 6) is -1.96. The van der Waals surface area contributed by atoms with Crippen LogP contribution in [0.2, 0.25) is 0 Å². The van der Waals surface area contributed by atoms with Gasteiger partial charge < -0.3 is 18.9 Å². The van der Waals surface area contributed by atoms with Crippen LogP contribution in [0.1, 0.15) is 31.3 Å². The second-order valence-electron chi connectivity index (χ2n) is 10.4. The molecule has 3 saturated heterocycles. The molecule has 2 N–H and O–H groups in total. The molecule has 5 amide bonds. The lowest BCUT2D eigenvalue weighted by Gasteiger charge is -2.55. The van der Waals surface area contributed by atoms with E-state index in [4.69, 9.17) is 14.0 Å². The van der Waals surface area contributed by atoms with Gasteiger partial charge in [0.1, 0.15) is 19.0 Å². The number of carbonyl (C=O) groups is 4. The molecule has 4 aliphatic heterocycles. The Balaban J connectivity index is 1.42. The van der Waals surface area contributed by atoms with E-state index in [0.29, 0.717) is 11.4 Å². The molecule has 15 nitrogen and oxygen atoms in total. The third-order valence-electron chi connectivity index (χ3n) is 8.09. The minimum Gasteiger partial charge on any atom is -0.446 e. The van der Waals surface area contributed by atoms with E-state index in [2.05, 4.69) is 25.9 Å². The Kier molecular flexibility index (Phi) is 5.01. The van der Waals surface area contributed by atoms with E-state index >= 15 is 4.39 Å². The first-order valence-electron chi connectivity index (χ1n) is 12.6. The Bertz CT molecular complexity index is 1610. The molecule has 40 heavy (non-hydrogen) atoms. The highest BCUT2D eigenvalue weighted by Crippen LogP contribution is 2.50. The highest BCUT2D eigenvalue weighted by molar-refractivity contribution is 6.20. The van der Waals surface area contributed by atoms with Gasteiger partial charge in [0.25, 0.3) is 0 Å². The topological polar surface area (TPSA) is 174 Å². The first-order chi connectivity index (χ1) is 19.1. The average Bonchev–Trinajstić information content (AvgIpc) is 3.59. The van der Waals surface area contributed by atoms with Gasteiger partial charge in [0.15, 0.2) is 22.9 Å². The second-order valence-corrected chi connectivity index (χ2v) is 10.4. The van der Waals surface area contributed by atoms with Crippen LogP contribution in [0, 0.1) is 11.2 Å². The number of amides is 5. The number of rotatable bonds is 2. The number of benzene rings is 1. The Hall–Kier alpha value is -4.60. The van der Waals surface area contributed by atoms with Crippen molar-refractivity contribution in [2.75, 3.05) is 23.0 Å². The maximum absolute atomic E-state index is 16.4. The van der Waals surface area contributed by atoms with Gasteiger partial charge in [-0.25, -0.2) is 23.9 Å². The first kappa shape index (κ1) is 24.4. The van der Waals surface area contributed by atoms with E-state index in [-0.39, 0.29) is 48.2 Å². The zero-order valence-corrected chi connectivity index (χ0v) is 21.5. The standard InChI is InChI=1S/C24H23FN8O7/c1-9-6-32-15-11(5-24(17(32)10(2)39-9)20(34)28-22(36)29-21(24)35)4-12-16(14(15)25)40-30-18(12)33-13(7-38-23(33)37)19-26-8-27-31(19)3/h4,8-10,13,17H,5-7H2,1-3H3,(H2,28,29,34,35,36)/t9-,10+,13-,17?/m1/s1. The van der Waals surface area contributed by atoms with Crippen LogP contribution in [-0.4, -0.2) is 75.3 Å². The monoisotopic (exact) mass is 554 g/mol. The molecule has 0 saturated carbocycles. The number of hydrogen-bond donors (Lipinski definition) is 2. The summed E-state index contributed by atoms with van der Waals surface area (Å²) in [5, 5.41) is 12.6. The molecule has 6 heterocycles. The van der Waals surface area contributed by atoms with Crippen LogP contribution in [-0.2, 0) is 32.5 Å². The fourth-order valence-electron chi connectivity index (χ4n) is 6.56. The summed E-state index contributed by atoms with van der Waals surface area (Å²) in [6.45, 7) is 3.61. The Labute approximate surface area is 224 Å². The van der Waals surface area contributed by atoms with Gasteiger partial charge >= 0.3 is 12.1 Å². The average molecular weight is 554 g/mol. The van der Waals surface area contributed by atoms with Crippen LogP contribution < -0.4 is 20.4 Å². The molecule has 16 heteroatoms. The van der Waals surface area contributed by atoms with Crippen LogP contribution in [0.15, 0.2) is 16.9 Å². The summed E-state index contributed by atoms with van der Waals surface area (Å²) >= 11 is 0. The molecule has 4 atom stereocenters. The van der Waals surface area contributed by atoms with Crippen LogP contribution >= 0.6 is 0 Å². The van der Waals surface area contributed by atoms with E-state index in [1.165, 1.54) is 15.9 Å². The smallest absolute Gasteiger partial charge is 0.416 e. The minimum atomic E-state index is -1.80. The minimum absolute atomic E-state index is 0.0141. The number of morpholine rings is 1. The lowest BCUT2D eigenvalue weighted by molar-refractivity contribution is -0.153. The molecular formula is C24H23FN8O7. The number of nitrogens with zero attached hydrogens (tertiary/aromatic N) is 6. The predicted molar refractivity (Wildman–Crippen MR) is 130 cm³/mol. The molecule has 3 fully saturated rings. The molecule has 0 bridgehead atoms. The number of cyclic esters (lactones) is 1. The Morgan fingerprint density at radius 3 is 2.60 bits per heavy atom. The SMILES string of the molecule is C[C@@H]1CN2c3c(cc4c(N5C(=O)OC[C@@H]5c5ncnn5C)noc4c3F)CC3(C(=O)NC(=O)NC3=O)C2[C@H](C)O1. The van der Waals surface area contributed by atoms with Crippen molar-refractivity contribution in [1.29, 1.82) is 0 Å². The summed E-state index contributed by atoms with van der Waals surface area (Å²) in [7, 11) is 1.66. The summed E-state index contributed by atoms with van der Waals surface area (Å²) in [5.41, 5.74) is -1.57. The fourth-order valence-corrected chi connectivity index (χ4v) is 6.56. The van der Waals surface area contributed by atoms with E-state index in [1.807, 2.05) is 0 Å². The van der Waals surface area contributed by atoms with Crippen molar-refractivity contribution in [3.05, 3.63) is 29.6 Å². The second kappa shape index (κ2) is 8.20. The largest absolute Gasteiger partial charge is 0.446 e. The quantitative estimate of drug-likeness (QED) is 0.427. The van der Waals surface area contributed by atoms with Gasteiger partial charge in [-0.1, -0.05) is 5.16 Å². The number of aromatic nitrogens is 4. The van der Waals surface area contributed by atoms with Gasteiger partial charge in [0, 0.05) is 20.0 Å². The summed E-state index contributed by atoms with van der Waals surface area (Å²) in [6, 6.07) is -1.02. The highest BCUT2D eigenvalue weighted by atomic mass is 19.1. The van der Waals surface area contributed by atoms with Crippen molar-refractivity contribution in [3.63, 3.8) is 0 Å². The zero-order chi connectivity index (χ0) is 28.1. The van der Waals surface area contributed by atoms with Crippen LogP contribution in [0.25, 0.3) is 11.0 Å². The summed E-state index contributed by atoms with van der Waals surface area (Å²) in [4.78, 5) is 58.7. The van der Waals surface area contributed by atoms with Gasteiger partial charge in [-0.2, -0.15) is 5.10 Å². The molecule has 1 unspecified atom stereocenters. The van der Waals surface area contributed by atoms with Crippen molar-refractivity contribution in [2.45, 2.75) is 44.6 Å². The molecule has 0 aliphatic carbocycles. The number of fused-ring (bicyclic) bond motifs is 5. The van der Waals surface area contributed by atoms with Crippen molar-refractivity contribution in [3.8, 4) is 0 Å². The lowest BCUT2D eigenvalue weighted by atomic mass is 9.66. The van der Waals surface area contributed by atoms with Crippen LogP contribution in [0.3, 0.4) is 0 Å². The number of anilines is 2. The predicted octanol–water partition coefficient (Wildman–Crippen LogP) is 0.684. The number of imide groups is 2. The molecule has 0 radical (unpaired) electrons. The van der Waals surface area contributed by atoms with E-state index in [1.54, 1.807) is 31.9 Å². The van der Waals surface area contributed by atoms with E-state index in [0.717, 1.165) is 0 Å². The highest BCUT2D eigenvalue weighted by Gasteiger charge is 2.63. The number of carbonyl (C=O) groups excluding carboxylic acids is 4. The van der Waals surface area contributed by atoms with Gasteiger partial charge in [0.05, 0.1) is 29.3 Å². The Morgan fingerprint density at radius 2 is 1.90 bits per heavy atom. The van der Waals surface area contributed by atoms with Crippen molar-refractivity contribution in [1.82, 2.24) is 30.6 Å². The number of nitrogens with one attached hydrogen (secondary N) is 2. The molecule has 4 aliphatic rings. The summed E-state index contributed by atoms with van der Waals surface area (Å²) < 4.78 is 34.6. The number of hydrogen-bond acceptors (Lipinski definition) is 11. The van der Waals surface area contributed by atoms with E-state index < -0.39 is 53.4 Å². The van der Waals surface area contributed by atoms with Crippen molar-refractivity contribution < 1.29 is 37.6 Å². The zero-order valence-electron chi connectivity index (χ0n) is 21.5. The third-order valence-corrected chi connectivity index (χ3v) is 8.09. The number of urea groups is 1. The number of barbiturate groups is 1. The van der Waals surface area contributed by atoms with Crippen LogP contribution in [0.5, 0.6) is 0 Å². The number of ether oxygens (including phenoxy) is 2. The molecular weight excluding hydrogens is 531 g/mol. The normalized spacial score (nSPS) is 27.5. The van der Waals surface area contributed by atoms with Gasteiger partial charge in [-0.3, -0.25) is 24.9 Å². The molecule has 1 spiro atoms. The van der Waals surface area contributed by atoms with E-state index in [9.17, 15) is 19.2 Å². The van der Waals surface area contributed by atoms with Gasteiger partial charge in [-0.05, 0) is 25.5 Å². The maximum atomic E-state index is 16.4. The van der Waals surface area contributed by atoms with Crippen LogP contribution in [0.4, 0.5) is 25.5 Å². The van der Waals surface area contributed by atoms with Crippen molar-refractivity contribution in [2.24, 2.45) is 12.5 Å². The lowest BCUT2D eigenvalue weighted by Crippen LogP contribution is -2.75. The number of aryl methyl sites for hydroxylation is 1. The molecule has 3 aromatic rings. The molecule has 1 aromatic carbocycles. The van der Waals surface area contributed by atoms with Crippen molar-refractivity contribution >= 4 is 46.4 Å². The maximum Gasteiger partial charge on any atom is 0.416 e. The summed E-state index contributed by atoms with van der Waals surface area (Å²) in [6.07, 6.45) is -0.687. The molecule has 7 rings (SSSR count). The Morgan fingerprint density at radius 1 is 1.15 bits per heavy atom. The van der Waals surface area contributed by atoms with Gasteiger partial charge in [0.2, 0.25) is 17.4 Å². The van der Waals surface area contributed by atoms with Gasteiger partial charge in [-0.15, -0.1) is 0 Å². The number of halogens is 1. The fraction of sp³-hybridized carbons (Fsp3) is 0.458.